The summed E-state index contributed by atoms with van der Waals surface area (Å²) in [7, 11) is 0. The summed E-state index contributed by atoms with van der Waals surface area (Å²) in [4.78, 5) is 41.9. The molecule has 162 valence electrons. The first-order valence-corrected chi connectivity index (χ1v) is 10.6. The number of nitrogens with one attached hydrogen (secondary N) is 1. The molecular formula is C24H27N3O4. The second-order valence-electron chi connectivity index (χ2n) is 8.07. The van der Waals surface area contributed by atoms with Crippen molar-refractivity contribution in [1.29, 1.82) is 0 Å². The molecule has 0 aliphatic carbocycles. The van der Waals surface area contributed by atoms with Crippen molar-refractivity contribution in [3.05, 3.63) is 59.2 Å². The number of benzene rings is 2. The lowest BCUT2D eigenvalue weighted by molar-refractivity contribution is -0.129. The van der Waals surface area contributed by atoms with Gasteiger partial charge in [0.05, 0.1) is 13.2 Å². The predicted molar refractivity (Wildman–Crippen MR) is 118 cm³/mol. The zero-order valence-electron chi connectivity index (χ0n) is 17.9. The number of nitrogens with zero attached hydrogens (tertiary/aromatic N) is 2. The van der Waals surface area contributed by atoms with Crippen molar-refractivity contribution >= 4 is 29.1 Å². The highest BCUT2D eigenvalue weighted by Gasteiger charge is 2.37. The van der Waals surface area contributed by atoms with E-state index in [-0.39, 0.29) is 17.7 Å². The number of carbonyl (C=O) groups is 3. The molecule has 2 saturated heterocycles. The number of rotatable bonds is 4. The summed E-state index contributed by atoms with van der Waals surface area (Å²) in [5.41, 5.74) is 4.12. The Morgan fingerprint density at radius 3 is 2.52 bits per heavy atom. The normalized spacial score (nSPS) is 18.9. The molecule has 3 amide bonds. The molecule has 2 aliphatic heterocycles. The third-order valence-corrected chi connectivity index (χ3v) is 6.00. The maximum absolute atomic E-state index is 12.9. The van der Waals surface area contributed by atoms with E-state index in [0.29, 0.717) is 50.5 Å². The van der Waals surface area contributed by atoms with Gasteiger partial charge in [0.1, 0.15) is 5.92 Å². The van der Waals surface area contributed by atoms with Gasteiger partial charge in [-0.2, -0.15) is 0 Å². The monoisotopic (exact) mass is 421 g/mol. The van der Waals surface area contributed by atoms with E-state index in [0.717, 1.165) is 16.8 Å². The van der Waals surface area contributed by atoms with Crippen molar-refractivity contribution in [2.45, 2.75) is 20.3 Å². The van der Waals surface area contributed by atoms with Crippen LogP contribution in [0.25, 0.3) is 0 Å². The molecule has 2 aromatic rings. The van der Waals surface area contributed by atoms with Crippen molar-refractivity contribution in [1.82, 2.24) is 4.90 Å². The number of carbonyl (C=O) groups excluding carboxylic acids is 3. The predicted octanol–water partition coefficient (Wildman–Crippen LogP) is 2.77. The van der Waals surface area contributed by atoms with Gasteiger partial charge in [-0.1, -0.05) is 12.1 Å². The Morgan fingerprint density at radius 1 is 1.00 bits per heavy atom. The van der Waals surface area contributed by atoms with E-state index in [4.69, 9.17) is 4.74 Å². The van der Waals surface area contributed by atoms with Crippen molar-refractivity contribution in [2.75, 3.05) is 43.1 Å². The minimum Gasteiger partial charge on any atom is -0.378 e. The molecule has 0 aromatic heterocycles. The molecule has 1 unspecified atom stereocenters. The van der Waals surface area contributed by atoms with E-state index in [1.807, 2.05) is 32.0 Å². The van der Waals surface area contributed by atoms with Crippen LogP contribution in [0.4, 0.5) is 11.4 Å². The van der Waals surface area contributed by atoms with Crippen molar-refractivity contribution in [3.63, 3.8) is 0 Å². The summed E-state index contributed by atoms with van der Waals surface area (Å²) in [6.07, 6.45) is 0.462. The Balaban J connectivity index is 1.43. The van der Waals surface area contributed by atoms with Gasteiger partial charge in [-0.3, -0.25) is 14.4 Å². The number of aryl methyl sites for hydroxylation is 2. The molecule has 7 heteroatoms. The van der Waals surface area contributed by atoms with Gasteiger partial charge in [-0.05, 0) is 61.7 Å². The Bertz CT molecular complexity index is 1010. The highest BCUT2D eigenvalue weighted by molar-refractivity contribution is 6.13. The second kappa shape index (κ2) is 8.89. The Kier molecular flexibility index (Phi) is 6.04. The quantitative estimate of drug-likeness (QED) is 0.770. The highest BCUT2D eigenvalue weighted by Crippen LogP contribution is 2.28. The lowest BCUT2D eigenvalue weighted by Crippen LogP contribution is -2.40. The first kappa shape index (κ1) is 21.1. The molecular weight excluding hydrogens is 394 g/mol. The smallest absolute Gasteiger partial charge is 0.254 e. The van der Waals surface area contributed by atoms with Gasteiger partial charge in [0.2, 0.25) is 11.8 Å². The van der Waals surface area contributed by atoms with Crippen LogP contribution in [-0.2, 0) is 14.3 Å². The minimum absolute atomic E-state index is 0.0859. The molecule has 2 fully saturated rings. The third kappa shape index (κ3) is 4.46. The molecule has 0 saturated carbocycles. The maximum Gasteiger partial charge on any atom is 0.254 e. The zero-order valence-corrected chi connectivity index (χ0v) is 17.9. The largest absolute Gasteiger partial charge is 0.378 e. The van der Waals surface area contributed by atoms with Crippen LogP contribution in [0.3, 0.4) is 0 Å². The van der Waals surface area contributed by atoms with Crippen LogP contribution in [0, 0.1) is 19.8 Å². The van der Waals surface area contributed by atoms with E-state index >= 15 is 0 Å². The third-order valence-electron chi connectivity index (χ3n) is 6.00. The lowest BCUT2D eigenvalue weighted by atomic mass is 10.1. The van der Waals surface area contributed by atoms with E-state index in [9.17, 15) is 14.4 Å². The zero-order chi connectivity index (χ0) is 22.0. The first-order chi connectivity index (χ1) is 14.9. The van der Waals surface area contributed by atoms with Crippen LogP contribution < -0.4 is 10.2 Å². The average Bonchev–Trinajstić information content (AvgIpc) is 3.17. The molecule has 4 rings (SSSR count). The fourth-order valence-electron chi connectivity index (χ4n) is 3.98. The molecule has 31 heavy (non-hydrogen) atoms. The summed E-state index contributed by atoms with van der Waals surface area (Å²) in [5.74, 6) is -1.36. The van der Waals surface area contributed by atoms with E-state index in [2.05, 4.69) is 5.32 Å². The van der Waals surface area contributed by atoms with Gasteiger partial charge < -0.3 is 19.9 Å². The fourth-order valence-corrected chi connectivity index (χ4v) is 3.98. The van der Waals surface area contributed by atoms with Crippen LogP contribution in [-0.4, -0.2) is 55.5 Å². The lowest BCUT2D eigenvalue weighted by Gasteiger charge is -2.27. The molecule has 0 bridgehead atoms. The van der Waals surface area contributed by atoms with Crippen molar-refractivity contribution in [2.24, 2.45) is 5.92 Å². The maximum atomic E-state index is 12.9. The number of morpholine rings is 1. The van der Waals surface area contributed by atoms with Crippen LogP contribution in [0.2, 0.25) is 0 Å². The SMILES string of the molecule is Cc1ccc(N2CCC(C(=O)Nc3cccc(C(=O)N4CCOCC4)c3)C2=O)cc1C. The number of ether oxygens (including phenoxy) is 1. The first-order valence-electron chi connectivity index (χ1n) is 10.6. The molecule has 1 atom stereocenters. The molecule has 2 heterocycles. The molecule has 7 nitrogen and oxygen atoms in total. The number of anilines is 2. The molecule has 0 spiro atoms. The van der Waals surface area contributed by atoms with Gasteiger partial charge in [0.25, 0.3) is 5.91 Å². The van der Waals surface area contributed by atoms with Crippen LogP contribution in [0.5, 0.6) is 0 Å². The standard InChI is InChI=1S/C24H27N3O4/c1-16-6-7-20(14-17(16)2)27-9-8-21(24(27)30)22(28)25-19-5-3-4-18(15-19)23(29)26-10-12-31-13-11-26/h3-7,14-15,21H,8-13H2,1-2H3,(H,25,28). The highest BCUT2D eigenvalue weighted by atomic mass is 16.5. The van der Waals surface area contributed by atoms with Crippen LogP contribution >= 0.6 is 0 Å². The number of hydrogen-bond acceptors (Lipinski definition) is 4. The van der Waals surface area contributed by atoms with Crippen molar-refractivity contribution < 1.29 is 19.1 Å². The Labute approximate surface area is 182 Å². The fraction of sp³-hybridized carbons (Fsp3) is 0.375. The van der Waals surface area contributed by atoms with E-state index < -0.39 is 5.92 Å². The average molecular weight is 421 g/mol. The minimum atomic E-state index is -0.736. The summed E-state index contributed by atoms with van der Waals surface area (Å²) in [6, 6.07) is 12.7. The summed E-state index contributed by atoms with van der Waals surface area (Å²) in [6.45, 7) is 6.72. The molecule has 1 N–H and O–H groups in total. The van der Waals surface area contributed by atoms with Gasteiger partial charge in [0, 0.05) is 36.6 Å². The number of amides is 3. The van der Waals surface area contributed by atoms with Crippen molar-refractivity contribution in [3.8, 4) is 0 Å². The Morgan fingerprint density at radius 2 is 1.77 bits per heavy atom. The van der Waals surface area contributed by atoms with Crippen LogP contribution in [0.1, 0.15) is 27.9 Å². The summed E-state index contributed by atoms with van der Waals surface area (Å²) in [5, 5.41) is 2.82. The van der Waals surface area contributed by atoms with Gasteiger partial charge in [0.15, 0.2) is 0 Å². The van der Waals surface area contributed by atoms with E-state index in [1.165, 1.54) is 0 Å². The molecule has 2 aromatic carbocycles. The van der Waals surface area contributed by atoms with Crippen LogP contribution in [0.15, 0.2) is 42.5 Å². The van der Waals surface area contributed by atoms with Gasteiger partial charge >= 0.3 is 0 Å². The summed E-state index contributed by atoms with van der Waals surface area (Å²) < 4.78 is 5.30. The number of hydrogen-bond donors (Lipinski definition) is 1. The summed E-state index contributed by atoms with van der Waals surface area (Å²) >= 11 is 0. The molecule has 2 aliphatic rings. The van der Waals surface area contributed by atoms with Gasteiger partial charge in [-0.15, -0.1) is 0 Å². The molecule has 0 radical (unpaired) electrons. The van der Waals surface area contributed by atoms with E-state index in [1.54, 1.807) is 34.1 Å². The topological polar surface area (TPSA) is 79.0 Å². The Hall–Kier alpha value is -3.19. The second-order valence-corrected chi connectivity index (χ2v) is 8.07. The van der Waals surface area contributed by atoms with Gasteiger partial charge in [-0.25, -0.2) is 0 Å².